The molecule has 0 aliphatic heterocycles. The minimum Gasteiger partial charge on any atom is -0.419 e. The molecule has 0 radical (unpaired) electrons. The van der Waals surface area contributed by atoms with Gasteiger partial charge in [-0.15, -0.1) is 10.2 Å². The fourth-order valence-electron chi connectivity index (χ4n) is 2.27. The lowest BCUT2D eigenvalue weighted by Crippen LogP contribution is -2.23. The van der Waals surface area contributed by atoms with Crippen LogP contribution in [0.25, 0.3) is 22.6 Å². The van der Waals surface area contributed by atoms with Crippen molar-refractivity contribution in [3.05, 3.63) is 59.2 Å². The van der Waals surface area contributed by atoms with Gasteiger partial charge >= 0.3 is 5.76 Å². The molecule has 3 heterocycles. The molecule has 0 spiro atoms. The maximum absolute atomic E-state index is 12.4. The Morgan fingerprint density at radius 3 is 2.69 bits per heavy atom. The highest BCUT2D eigenvalue weighted by Crippen LogP contribution is 2.18. The third-order valence-electron chi connectivity index (χ3n) is 3.51. The van der Waals surface area contributed by atoms with Crippen molar-refractivity contribution in [1.29, 1.82) is 0 Å². The van der Waals surface area contributed by atoms with Crippen LogP contribution in [0.1, 0.15) is 5.89 Å². The highest BCUT2D eigenvalue weighted by atomic mass is 32.2. The third-order valence-corrected chi connectivity index (χ3v) is 4.91. The molecule has 4 rings (SSSR count). The van der Waals surface area contributed by atoms with Gasteiger partial charge in [0.25, 0.3) is 0 Å². The fraction of sp³-hybridized carbons (Fsp3) is 0.0667. The SMILES string of the molecule is O=c1[nH]c2ccc(S(=O)(=O)NCc3nnc(-c4ccncc4)o3)cc2o1. The molecule has 0 aliphatic rings. The Balaban J connectivity index is 1.52. The molecule has 0 fully saturated rings. The highest BCUT2D eigenvalue weighted by Gasteiger charge is 2.17. The van der Waals surface area contributed by atoms with E-state index in [1.165, 1.54) is 18.2 Å². The second-order valence-corrected chi connectivity index (χ2v) is 7.00. The zero-order valence-corrected chi connectivity index (χ0v) is 13.9. The van der Waals surface area contributed by atoms with Crippen molar-refractivity contribution >= 4 is 21.1 Å². The van der Waals surface area contributed by atoms with Crippen molar-refractivity contribution in [2.75, 3.05) is 0 Å². The lowest BCUT2D eigenvalue weighted by molar-refractivity contribution is 0.494. The third kappa shape index (κ3) is 3.12. The molecule has 0 atom stereocenters. The molecule has 0 saturated carbocycles. The predicted molar refractivity (Wildman–Crippen MR) is 88.4 cm³/mol. The van der Waals surface area contributed by atoms with Crippen LogP contribution < -0.4 is 10.5 Å². The number of aromatic amines is 1. The van der Waals surface area contributed by atoms with E-state index in [0.717, 1.165) is 0 Å². The molecule has 11 heteroatoms. The molecule has 10 nitrogen and oxygen atoms in total. The predicted octanol–water partition coefficient (Wildman–Crippen LogP) is 1.04. The lowest BCUT2D eigenvalue weighted by Gasteiger charge is -2.04. The molecule has 3 aromatic heterocycles. The molecule has 0 bridgehead atoms. The Morgan fingerprint density at radius 1 is 1.08 bits per heavy atom. The van der Waals surface area contributed by atoms with Gasteiger partial charge in [-0.25, -0.2) is 17.9 Å². The number of pyridine rings is 1. The number of hydrogen-bond acceptors (Lipinski definition) is 8. The summed E-state index contributed by atoms with van der Waals surface area (Å²) in [6, 6.07) is 7.45. The number of H-pyrrole nitrogens is 1. The van der Waals surface area contributed by atoms with Crippen molar-refractivity contribution in [2.24, 2.45) is 0 Å². The smallest absolute Gasteiger partial charge is 0.417 e. The molecule has 132 valence electrons. The molecule has 0 saturated heterocycles. The first kappa shape index (κ1) is 16.2. The Labute approximate surface area is 146 Å². The van der Waals surface area contributed by atoms with E-state index in [2.05, 4.69) is 24.9 Å². The van der Waals surface area contributed by atoms with Crippen molar-refractivity contribution in [1.82, 2.24) is 24.9 Å². The van der Waals surface area contributed by atoms with Crippen LogP contribution in [-0.4, -0.2) is 28.6 Å². The van der Waals surface area contributed by atoms with Gasteiger partial charge in [0.1, 0.15) is 0 Å². The lowest BCUT2D eigenvalue weighted by atomic mass is 10.3. The number of fused-ring (bicyclic) bond motifs is 1. The van der Waals surface area contributed by atoms with Gasteiger partial charge in [0, 0.05) is 24.0 Å². The zero-order chi connectivity index (χ0) is 18.1. The van der Waals surface area contributed by atoms with Gasteiger partial charge in [-0.05, 0) is 24.3 Å². The summed E-state index contributed by atoms with van der Waals surface area (Å²) in [5.41, 5.74) is 1.23. The summed E-state index contributed by atoms with van der Waals surface area (Å²) in [5.74, 6) is -0.288. The second-order valence-electron chi connectivity index (χ2n) is 5.23. The molecule has 0 aliphatic carbocycles. The van der Waals surface area contributed by atoms with Gasteiger partial charge in [-0.1, -0.05) is 0 Å². The number of rotatable bonds is 5. The molecule has 2 N–H and O–H groups in total. The summed E-state index contributed by atoms with van der Waals surface area (Å²) in [5, 5.41) is 7.68. The number of oxazole rings is 1. The first-order valence-corrected chi connectivity index (χ1v) is 8.85. The van der Waals surface area contributed by atoms with Crippen molar-refractivity contribution in [3.63, 3.8) is 0 Å². The van der Waals surface area contributed by atoms with Gasteiger partial charge in [0.05, 0.1) is 17.0 Å². The average Bonchev–Trinajstić information content (AvgIpc) is 3.25. The number of hydrogen-bond donors (Lipinski definition) is 2. The van der Waals surface area contributed by atoms with Gasteiger partial charge in [-0.2, -0.15) is 0 Å². The Hall–Kier alpha value is -3.31. The maximum Gasteiger partial charge on any atom is 0.417 e. The van der Waals surface area contributed by atoms with Gasteiger partial charge < -0.3 is 8.83 Å². The van der Waals surface area contributed by atoms with E-state index in [0.29, 0.717) is 11.1 Å². The topological polar surface area (TPSA) is 144 Å². The molecular weight excluding hydrogens is 362 g/mol. The van der Waals surface area contributed by atoms with E-state index in [-0.39, 0.29) is 28.8 Å². The quantitative estimate of drug-likeness (QED) is 0.528. The molecule has 0 amide bonds. The van der Waals surface area contributed by atoms with Gasteiger partial charge in [-0.3, -0.25) is 9.97 Å². The van der Waals surface area contributed by atoms with Crippen LogP contribution in [0.15, 0.2) is 61.2 Å². The summed E-state index contributed by atoms with van der Waals surface area (Å²) in [6.45, 7) is -0.185. The van der Waals surface area contributed by atoms with E-state index < -0.39 is 15.8 Å². The molecule has 26 heavy (non-hydrogen) atoms. The normalized spacial score (nSPS) is 11.8. The van der Waals surface area contributed by atoms with Crippen LogP contribution in [0, 0.1) is 0 Å². The number of sulfonamides is 1. The van der Waals surface area contributed by atoms with Crippen LogP contribution in [0.4, 0.5) is 0 Å². The van der Waals surface area contributed by atoms with E-state index in [1.807, 2.05) is 0 Å². The monoisotopic (exact) mass is 373 g/mol. The average molecular weight is 373 g/mol. The Kier molecular flexibility index (Phi) is 3.86. The molecule has 0 unspecified atom stereocenters. The summed E-state index contributed by atoms with van der Waals surface area (Å²) in [7, 11) is -3.86. The standard InChI is InChI=1S/C15H11N5O5S/c21-15-18-11-2-1-10(7-12(11)24-15)26(22,23)17-8-13-19-20-14(25-13)9-3-5-16-6-4-9/h1-7,17H,8H2,(H,18,21). The number of nitrogens with zero attached hydrogens (tertiary/aromatic N) is 3. The Morgan fingerprint density at radius 2 is 1.88 bits per heavy atom. The van der Waals surface area contributed by atoms with E-state index in [4.69, 9.17) is 8.83 Å². The summed E-state index contributed by atoms with van der Waals surface area (Å²) in [6.07, 6.45) is 3.16. The van der Waals surface area contributed by atoms with Crippen LogP contribution in [0.3, 0.4) is 0 Å². The first-order chi connectivity index (χ1) is 12.5. The fourth-order valence-corrected chi connectivity index (χ4v) is 3.26. The van der Waals surface area contributed by atoms with Crippen molar-refractivity contribution in [3.8, 4) is 11.5 Å². The van der Waals surface area contributed by atoms with E-state index in [9.17, 15) is 13.2 Å². The summed E-state index contributed by atoms with van der Waals surface area (Å²) >= 11 is 0. The molecular formula is C15H11N5O5S. The molecule has 1 aromatic carbocycles. The maximum atomic E-state index is 12.4. The zero-order valence-electron chi connectivity index (χ0n) is 13.0. The van der Waals surface area contributed by atoms with Crippen LogP contribution in [-0.2, 0) is 16.6 Å². The molecule has 4 aromatic rings. The van der Waals surface area contributed by atoms with Crippen molar-refractivity contribution in [2.45, 2.75) is 11.4 Å². The highest BCUT2D eigenvalue weighted by molar-refractivity contribution is 7.89. The summed E-state index contributed by atoms with van der Waals surface area (Å²) in [4.78, 5) is 17.4. The van der Waals surface area contributed by atoms with Crippen LogP contribution in [0.5, 0.6) is 0 Å². The van der Waals surface area contributed by atoms with Crippen molar-refractivity contribution < 1.29 is 17.3 Å². The minimum absolute atomic E-state index is 0.0541. The van der Waals surface area contributed by atoms with Crippen LogP contribution >= 0.6 is 0 Å². The number of aromatic nitrogens is 4. The number of nitrogens with one attached hydrogen (secondary N) is 2. The Bertz CT molecular complexity index is 1230. The van der Waals surface area contributed by atoms with Gasteiger partial charge in [0.2, 0.25) is 21.8 Å². The first-order valence-electron chi connectivity index (χ1n) is 7.36. The van der Waals surface area contributed by atoms with E-state index >= 15 is 0 Å². The second kappa shape index (κ2) is 6.20. The minimum atomic E-state index is -3.86. The van der Waals surface area contributed by atoms with E-state index in [1.54, 1.807) is 24.5 Å². The van der Waals surface area contributed by atoms with Crippen LogP contribution in [0.2, 0.25) is 0 Å². The summed E-state index contributed by atoms with van der Waals surface area (Å²) < 4.78 is 37.5. The van der Waals surface area contributed by atoms with Gasteiger partial charge in [0.15, 0.2) is 5.58 Å². The number of benzene rings is 1. The largest absolute Gasteiger partial charge is 0.419 e.